The van der Waals surface area contributed by atoms with Crippen LogP contribution in [0.1, 0.15) is 35.9 Å². The summed E-state index contributed by atoms with van der Waals surface area (Å²) in [5.41, 5.74) is 5.34. The van der Waals surface area contributed by atoms with Crippen molar-refractivity contribution in [1.82, 2.24) is 9.97 Å². The Kier molecular flexibility index (Phi) is 3.84. The fourth-order valence-corrected chi connectivity index (χ4v) is 2.58. The SMILES string of the molecule is CCCc1nc(-c2c(C)cc(C)cc2C)cc(=O)[nH]1. The molecule has 3 heteroatoms. The smallest absolute Gasteiger partial charge is 0.251 e. The van der Waals surface area contributed by atoms with E-state index in [-0.39, 0.29) is 5.56 Å². The van der Waals surface area contributed by atoms with Crippen molar-refractivity contribution >= 4 is 0 Å². The number of hydrogen-bond donors (Lipinski definition) is 1. The number of H-pyrrole nitrogens is 1. The third kappa shape index (κ3) is 2.92. The van der Waals surface area contributed by atoms with Crippen LogP contribution in [0.5, 0.6) is 0 Å². The highest BCUT2D eigenvalue weighted by atomic mass is 16.1. The molecule has 1 N–H and O–H groups in total. The van der Waals surface area contributed by atoms with E-state index in [9.17, 15) is 4.79 Å². The van der Waals surface area contributed by atoms with Crippen molar-refractivity contribution in [3.8, 4) is 11.3 Å². The largest absolute Gasteiger partial charge is 0.311 e. The Morgan fingerprint density at radius 3 is 2.32 bits per heavy atom. The molecule has 0 fully saturated rings. The first-order valence-corrected chi connectivity index (χ1v) is 6.69. The van der Waals surface area contributed by atoms with Crippen LogP contribution in [0, 0.1) is 20.8 Å². The van der Waals surface area contributed by atoms with Crippen molar-refractivity contribution in [2.24, 2.45) is 0 Å². The number of rotatable bonds is 3. The minimum atomic E-state index is -0.0761. The zero-order valence-corrected chi connectivity index (χ0v) is 12.0. The maximum absolute atomic E-state index is 11.8. The summed E-state index contributed by atoms with van der Waals surface area (Å²) in [4.78, 5) is 19.1. The molecule has 0 amide bonds. The molecule has 1 aromatic heterocycles. The Morgan fingerprint density at radius 1 is 1.11 bits per heavy atom. The second kappa shape index (κ2) is 5.39. The highest BCUT2D eigenvalue weighted by molar-refractivity contribution is 5.67. The average Bonchev–Trinajstić information content (AvgIpc) is 2.26. The van der Waals surface area contributed by atoms with Gasteiger partial charge >= 0.3 is 0 Å². The quantitative estimate of drug-likeness (QED) is 0.915. The Balaban J connectivity index is 2.62. The van der Waals surface area contributed by atoms with E-state index in [0.717, 1.165) is 41.1 Å². The van der Waals surface area contributed by atoms with Crippen LogP contribution < -0.4 is 5.56 Å². The van der Waals surface area contributed by atoms with Gasteiger partial charge < -0.3 is 4.98 Å². The maximum Gasteiger partial charge on any atom is 0.251 e. The molecule has 19 heavy (non-hydrogen) atoms. The number of aromatic amines is 1. The lowest BCUT2D eigenvalue weighted by atomic mass is 9.97. The normalized spacial score (nSPS) is 10.7. The predicted octanol–water partition coefficient (Wildman–Crippen LogP) is 3.31. The van der Waals surface area contributed by atoms with Gasteiger partial charge in [0.05, 0.1) is 5.69 Å². The molecule has 3 nitrogen and oxygen atoms in total. The van der Waals surface area contributed by atoms with Crippen molar-refractivity contribution in [2.45, 2.75) is 40.5 Å². The van der Waals surface area contributed by atoms with Gasteiger partial charge in [-0.15, -0.1) is 0 Å². The van der Waals surface area contributed by atoms with Crippen molar-refractivity contribution in [3.05, 3.63) is 51.1 Å². The van der Waals surface area contributed by atoms with Crippen LogP contribution in [0.15, 0.2) is 23.0 Å². The van der Waals surface area contributed by atoms with Crippen LogP contribution in [-0.4, -0.2) is 9.97 Å². The second-order valence-electron chi connectivity index (χ2n) is 5.10. The molecule has 0 aliphatic carbocycles. The lowest BCUT2D eigenvalue weighted by Gasteiger charge is -2.11. The van der Waals surface area contributed by atoms with Crippen molar-refractivity contribution in [3.63, 3.8) is 0 Å². The lowest BCUT2D eigenvalue weighted by molar-refractivity contribution is 0.827. The van der Waals surface area contributed by atoms with E-state index >= 15 is 0 Å². The minimum absolute atomic E-state index is 0.0761. The highest BCUT2D eigenvalue weighted by Gasteiger charge is 2.10. The highest BCUT2D eigenvalue weighted by Crippen LogP contribution is 2.26. The molecule has 1 heterocycles. The van der Waals surface area contributed by atoms with E-state index in [1.54, 1.807) is 6.07 Å². The predicted molar refractivity (Wildman–Crippen MR) is 78.5 cm³/mol. The molecule has 0 spiro atoms. The summed E-state index contributed by atoms with van der Waals surface area (Å²) in [5, 5.41) is 0. The fourth-order valence-electron chi connectivity index (χ4n) is 2.58. The van der Waals surface area contributed by atoms with Gasteiger partial charge in [-0.1, -0.05) is 24.6 Å². The standard InChI is InChI=1S/C16H20N2O/c1-5-6-14-17-13(9-15(19)18-14)16-11(3)7-10(2)8-12(16)4/h7-9H,5-6H2,1-4H3,(H,17,18,19). The molecular weight excluding hydrogens is 236 g/mol. The first-order chi connectivity index (χ1) is 9.01. The number of aromatic nitrogens is 2. The van der Waals surface area contributed by atoms with E-state index in [1.807, 2.05) is 0 Å². The molecule has 2 rings (SSSR count). The third-order valence-electron chi connectivity index (χ3n) is 3.21. The Bertz CT molecular complexity index is 633. The summed E-state index contributed by atoms with van der Waals surface area (Å²) in [6.45, 7) is 8.29. The maximum atomic E-state index is 11.8. The van der Waals surface area contributed by atoms with E-state index < -0.39 is 0 Å². The van der Waals surface area contributed by atoms with Gasteiger partial charge in [0.25, 0.3) is 5.56 Å². The molecule has 100 valence electrons. The van der Waals surface area contributed by atoms with Gasteiger partial charge in [-0.25, -0.2) is 4.98 Å². The van der Waals surface area contributed by atoms with Gasteiger partial charge in [0, 0.05) is 18.1 Å². The molecule has 0 saturated carbocycles. The third-order valence-corrected chi connectivity index (χ3v) is 3.21. The van der Waals surface area contributed by atoms with Gasteiger partial charge in [0.2, 0.25) is 0 Å². The van der Waals surface area contributed by atoms with Gasteiger partial charge in [-0.05, 0) is 38.3 Å². The van der Waals surface area contributed by atoms with Gasteiger partial charge in [0.15, 0.2) is 0 Å². The molecule has 0 aliphatic rings. The number of hydrogen-bond acceptors (Lipinski definition) is 2. The lowest BCUT2D eigenvalue weighted by Crippen LogP contribution is -2.11. The molecule has 1 aromatic carbocycles. The van der Waals surface area contributed by atoms with Gasteiger partial charge in [-0.2, -0.15) is 0 Å². The number of nitrogens with zero attached hydrogens (tertiary/aromatic N) is 1. The Labute approximate surface area is 113 Å². The number of aryl methyl sites for hydroxylation is 4. The summed E-state index contributed by atoms with van der Waals surface area (Å²) in [6.07, 6.45) is 1.77. The minimum Gasteiger partial charge on any atom is -0.311 e. The van der Waals surface area contributed by atoms with Crippen molar-refractivity contribution in [2.75, 3.05) is 0 Å². The van der Waals surface area contributed by atoms with Crippen molar-refractivity contribution < 1.29 is 0 Å². The van der Waals surface area contributed by atoms with Gasteiger partial charge in [-0.3, -0.25) is 4.79 Å². The summed E-state index contributed by atoms with van der Waals surface area (Å²) < 4.78 is 0. The van der Waals surface area contributed by atoms with E-state index in [0.29, 0.717) is 0 Å². The van der Waals surface area contributed by atoms with Crippen LogP contribution in [0.25, 0.3) is 11.3 Å². The Hall–Kier alpha value is -1.90. The summed E-state index contributed by atoms with van der Waals surface area (Å²) in [7, 11) is 0. The zero-order valence-electron chi connectivity index (χ0n) is 12.0. The first kappa shape index (κ1) is 13.5. The molecular formula is C16H20N2O. The Morgan fingerprint density at radius 2 is 1.74 bits per heavy atom. The molecule has 0 saturated heterocycles. The van der Waals surface area contributed by atoms with Gasteiger partial charge in [0.1, 0.15) is 5.82 Å². The topological polar surface area (TPSA) is 45.8 Å². The van der Waals surface area contributed by atoms with Crippen LogP contribution >= 0.6 is 0 Å². The summed E-state index contributed by atoms with van der Waals surface area (Å²) >= 11 is 0. The monoisotopic (exact) mass is 256 g/mol. The average molecular weight is 256 g/mol. The van der Waals surface area contributed by atoms with E-state index in [2.05, 4.69) is 49.8 Å². The van der Waals surface area contributed by atoms with Crippen LogP contribution in [0.3, 0.4) is 0 Å². The molecule has 0 radical (unpaired) electrons. The fraction of sp³-hybridized carbons (Fsp3) is 0.375. The summed E-state index contributed by atoms with van der Waals surface area (Å²) in [5.74, 6) is 0.768. The number of nitrogens with one attached hydrogen (secondary N) is 1. The van der Waals surface area contributed by atoms with E-state index in [1.165, 1.54) is 5.56 Å². The molecule has 0 aliphatic heterocycles. The summed E-state index contributed by atoms with van der Waals surface area (Å²) in [6, 6.07) is 5.85. The van der Waals surface area contributed by atoms with Crippen LogP contribution in [0.2, 0.25) is 0 Å². The number of benzene rings is 1. The first-order valence-electron chi connectivity index (χ1n) is 6.69. The second-order valence-corrected chi connectivity index (χ2v) is 5.10. The molecule has 2 aromatic rings. The zero-order chi connectivity index (χ0) is 14.0. The van der Waals surface area contributed by atoms with Crippen molar-refractivity contribution in [1.29, 1.82) is 0 Å². The molecule has 0 atom stereocenters. The van der Waals surface area contributed by atoms with E-state index in [4.69, 9.17) is 0 Å². The molecule has 0 bridgehead atoms. The van der Waals surface area contributed by atoms with Crippen LogP contribution in [-0.2, 0) is 6.42 Å². The molecule has 0 unspecified atom stereocenters. The van der Waals surface area contributed by atoms with Crippen LogP contribution in [0.4, 0.5) is 0 Å².